The van der Waals surface area contributed by atoms with E-state index in [9.17, 15) is 0 Å². The summed E-state index contributed by atoms with van der Waals surface area (Å²) in [5, 5.41) is 21.0. The molecule has 4 N–H and O–H groups in total. The first-order chi connectivity index (χ1) is 8.04. The van der Waals surface area contributed by atoms with Crippen LogP contribution in [-0.2, 0) is 0 Å². The molecule has 0 saturated carbocycles. The van der Waals surface area contributed by atoms with Gasteiger partial charge in [0.05, 0.1) is 11.3 Å². The molecule has 0 amide bonds. The van der Waals surface area contributed by atoms with E-state index >= 15 is 0 Å². The van der Waals surface area contributed by atoms with Gasteiger partial charge in [-0.25, -0.2) is 4.98 Å². The van der Waals surface area contributed by atoms with Crippen LogP contribution in [0.5, 0.6) is 0 Å². The molecule has 0 aliphatic heterocycles. The number of nitriles is 1. The van der Waals surface area contributed by atoms with E-state index in [1.807, 2.05) is 19.9 Å². The predicted octanol–water partition coefficient (Wildman–Crippen LogP) is 1.50. The third kappa shape index (κ3) is 3.33. The average molecular weight is 234 g/mol. The van der Waals surface area contributed by atoms with Crippen molar-refractivity contribution < 1.29 is 5.11 Å². The summed E-state index contributed by atoms with van der Waals surface area (Å²) < 4.78 is 0. The minimum Gasteiger partial charge on any atom is -0.396 e. The highest BCUT2D eigenvalue weighted by Gasteiger charge is 2.22. The highest BCUT2D eigenvalue weighted by Crippen LogP contribution is 2.24. The van der Waals surface area contributed by atoms with Gasteiger partial charge in [-0.05, 0) is 25.8 Å². The van der Waals surface area contributed by atoms with Crippen LogP contribution in [0.1, 0.15) is 32.3 Å². The molecule has 1 rings (SSSR count). The van der Waals surface area contributed by atoms with Crippen molar-refractivity contribution in [2.75, 3.05) is 17.7 Å². The van der Waals surface area contributed by atoms with Crippen LogP contribution in [0, 0.1) is 11.3 Å². The molecule has 1 unspecified atom stereocenters. The van der Waals surface area contributed by atoms with Crippen LogP contribution >= 0.6 is 0 Å². The van der Waals surface area contributed by atoms with E-state index in [4.69, 9.17) is 16.1 Å². The lowest BCUT2D eigenvalue weighted by Crippen LogP contribution is -2.35. The number of aromatic nitrogens is 1. The Balaban J connectivity index is 2.91. The lowest BCUT2D eigenvalue weighted by atomic mass is 9.95. The zero-order valence-electron chi connectivity index (χ0n) is 10.2. The molecule has 0 fully saturated rings. The number of hydrogen-bond donors (Lipinski definition) is 3. The van der Waals surface area contributed by atoms with Crippen LogP contribution in [0.3, 0.4) is 0 Å². The second kappa shape index (κ2) is 5.51. The first-order valence-corrected chi connectivity index (χ1v) is 5.59. The van der Waals surface area contributed by atoms with Crippen LogP contribution in [-0.4, -0.2) is 22.2 Å². The Morgan fingerprint density at radius 3 is 2.82 bits per heavy atom. The van der Waals surface area contributed by atoms with Crippen molar-refractivity contribution in [3.05, 3.63) is 17.8 Å². The Morgan fingerprint density at radius 1 is 1.65 bits per heavy atom. The van der Waals surface area contributed by atoms with Gasteiger partial charge in [-0.3, -0.25) is 0 Å². The molecule has 0 aromatic carbocycles. The van der Waals surface area contributed by atoms with Gasteiger partial charge in [0, 0.05) is 18.3 Å². The Labute approximate surface area is 101 Å². The second-order valence-corrected chi connectivity index (χ2v) is 4.29. The number of aliphatic hydroxyl groups is 1. The second-order valence-electron chi connectivity index (χ2n) is 4.29. The van der Waals surface area contributed by atoms with E-state index in [1.165, 1.54) is 6.20 Å². The standard InChI is InChI=1S/C12H18N4O/c1-3-12(2,4-5-17)16-11-10(14)6-9(7-13)8-15-11/h6,8,17H,3-5,14H2,1-2H3,(H,15,16). The van der Waals surface area contributed by atoms with Crippen LogP contribution < -0.4 is 11.1 Å². The molecule has 5 heteroatoms. The highest BCUT2D eigenvalue weighted by molar-refractivity contribution is 5.63. The summed E-state index contributed by atoms with van der Waals surface area (Å²) in [5.41, 5.74) is 6.45. The van der Waals surface area contributed by atoms with Crippen LogP contribution in [0.4, 0.5) is 11.5 Å². The Kier molecular flexibility index (Phi) is 4.30. The normalized spacial score (nSPS) is 13.8. The fraction of sp³-hybridized carbons (Fsp3) is 0.500. The van der Waals surface area contributed by atoms with Gasteiger partial charge in [-0.1, -0.05) is 6.92 Å². The van der Waals surface area contributed by atoms with E-state index < -0.39 is 0 Å². The van der Waals surface area contributed by atoms with Crippen molar-refractivity contribution in [1.29, 1.82) is 5.26 Å². The maximum absolute atomic E-state index is 9.03. The maximum Gasteiger partial charge on any atom is 0.149 e. The molecular formula is C12H18N4O. The zero-order chi connectivity index (χ0) is 12.9. The van der Waals surface area contributed by atoms with Crippen molar-refractivity contribution in [3.8, 4) is 6.07 Å². The van der Waals surface area contributed by atoms with Gasteiger partial charge in [0.15, 0.2) is 0 Å². The first kappa shape index (κ1) is 13.3. The summed E-state index contributed by atoms with van der Waals surface area (Å²) in [6, 6.07) is 3.57. The molecule has 1 atom stereocenters. The topological polar surface area (TPSA) is 95.0 Å². The molecule has 0 bridgehead atoms. The minimum absolute atomic E-state index is 0.105. The summed E-state index contributed by atoms with van der Waals surface area (Å²) in [6.07, 6.45) is 2.94. The van der Waals surface area contributed by atoms with Crippen LogP contribution in [0.25, 0.3) is 0 Å². The quantitative estimate of drug-likeness (QED) is 0.717. The molecule has 92 valence electrons. The van der Waals surface area contributed by atoms with E-state index in [0.29, 0.717) is 23.5 Å². The summed E-state index contributed by atoms with van der Waals surface area (Å²) in [4.78, 5) is 4.12. The highest BCUT2D eigenvalue weighted by atomic mass is 16.3. The SMILES string of the molecule is CCC(C)(CCO)Nc1ncc(C#N)cc1N. The monoisotopic (exact) mass is 234 g/mol. The molecule has 17 heavy (non-hydrogen) atoms. The van der Waals surface area contributed by atoms with E-state index in [-0.39, 0.29) is 12.1 Å². The molecule has 0 spiro atoms. The largest absolute Gasteiger partial charge is 0.396 e. The van der Waals surface area contributed by atoms with Crippen molar-refractivity contribution in [2.24, 2.45) is 0 Å². The van der Waals surface area contributed by atoms with Gasteiger partial charge in [-0.15, -0.1) is 0 Å². The van der Waals surface area contributed by atoms with E-state index in [2.05, 4.69) is 10.3 Å². The molecule has 0 saturated heterocycles. The maximum atomic E-state index is 9.03. The van der Waals surface area contributed by atoms with Gasteiger partial charge in [0.2, 0.25) is 0 Å². The molecule has 1 heterocycles. The average Bonchev–Trinajstić information content (AvgIpc) is 2.32. The zero-order valence-corrected chi connectivity index (χ0v) is 10.2. The van der Waals surface area contributed by atoms with Gasteiger partial charge in [0.25, 0.3) is 0 Å². The number of hydrogen-bond acceptors (Lipinski definition) is 5. The smallest absolute Gasteiger partial charge is 0.149 e. The number of nitrogen functional groups attached to an aromatic ring is 1. The Bertz CT molecular complexity index is 427. The van der Waals surface area contributed by atoms with Gasteiger partial charge in [-0.2, -0.15) is 5.26 Å². The van der Waals surface area contributed by atoms with E-state index in [1.54, 1.807) is 6.07 Å². The summed E-state index contributed by atoms with van der Waals surface area (Å²) in [5.74, 6) is 0.557. The molecule has 1 aromatic rings. The summed E-state index contributed by atoms with van der Waals surface area (Å²) in [7, 11) is 0. The lowest BCUT2D eigenvalue weighted by molar-refractivity contribution is 0.252. The Morgan fingerprint density at radius 2 is 2.35 bits per heavy atom. The van der Waals surface area contributed by atoms with Crippen molar-refractivity contribution in [2.45, 2.75) is 32.2 Å². The number of nitrogens with two attached hydrogens (primary N) is 1. The van der Waals surface area contributed by atoms with Gasteiger partial charge < -0.3 is 16.2 Å². The lowest BCUT2D eigenvalue weighted by Gasteiger charge is -2.30. The predicted molar refractivity (Wildman–Crippen MR) is 67.4 cm³/mol. The van der Waals surface area contributed by atoms with Gasteiger partial charge in [0.1, 0.15) is 11.9 Å². The van der Waals surface area contributed by atoms with E-state index in [0.717, 1.165) is 6.42 Å². The minimum atomic E-state index is -0.246. The third-order valence-corrected chi connectivity index (χ3v) is 2.91. The number of nitrogens with one attached hydrogen (secondary N) is 1. The number of rotatable bonds is 5. The number of aliphatic hydroxyl groups excluding tert-OH is 1. The molecular weight excluding hydrogens is 216 g/mol. The van der Waals surface area contributed by atoms with Crippen molar-refractivity contribution in [1.82, 2.24) is 4.98 Å². The van der Waals surface area contributed by atoms with Gasteiger partial charge >= 0.3 is 0 Å². The van der Waals surface area contributed by atoms with Crippen molar-refractivity contribution >= 4 is 11.5 Å². The third-order valence-electron chi connectivity index (χ3n) is 2.91. The molecule has 5 nitrogen and oxygen atoms in total. The fourth-order valence-corrected chi connectivity index (χ4v) is 1.51. The molecule has 1 aromatic heterocycles. The Hall–Kier alpha value is -1.80. The summed E-state index contributed by atoms with van der Waals surface area (Å²) in [6.45, 7) is 4.14. The number of pyridine rings is 1. The first-order valence-electron chi connectivity index (χ1n) is 5.59. The fourth-order valence-electron chi connectivity index (χ4n) is 1.51. The van der Waals surface area contributed by atoms with Crippen LogP contribution in [0.2, 0.25) is 0 Å². The molecule has 0 radical (unpaired) electrons. The molecule has 0 aliphatic rings. The van der Waals surface area contributed by atoms with Crippen molar-refractivity contribution in [3.63, 3.8) is 0 Å². The number of anilines is 2. The van der Waals surface area contributed by atoms with Crippen LogP contribution in [0.15, 0.2) is 12.3 Å². The number of nitrogens with zero attached hydrogens (tertiary/aromatic N) is 2. The molecule has 0 aliphatic carbocycles. The summed E-state index contributed by atoms with van der Waals surface area (Å²) >= 11 is 0.